The highest BCUT2D eigenvalue weighted by molar-refractivity contribution is 5.39. The van der Waals surface area contributed by atoms with Crippen molar-refractivity contribution >= 4 is 0 Å². The van der Waals surface area contributed by atoms with E-state index in [0.717, 1.165) is 0 Å². The molecule has 0 unspecified atom stereocenters. The number of halogens is 1. The monoisotopic (exact) mass is 180 g/mol. The molecule has 1 N–H and O–H groups in total. The van der Waals surface area contributed by atoms with Crippen LogP contribution in [-0.2, 0) is 0 Å². The summed E-state index contributed by atoms with van der Waals surface area (Å²) < 4.78 is 17.9. The van der Waals surface area contributed by atoms with Crippen molar-refractivity contribution in [2.45, 2.75) is 0 Å². The van der Waals surface area contributed by atoms with Crippen LogP contribution in [-0.4, -0.2) is 18.8 Å². The van der Waals surface area contributed by atoms with Gasteiger partial charge in [0, 0.05) is 6.07 Å². The molecule has 0 heterocycles. The van der Waals surface area contributed by atoms with Gasteiger partial charge in [0.15, 0.2) is 0 Å². The average molecular weight is 180 g/mol. The lowest BCUT2D eigenvalue weighted by Gasteiger charge is -1.99. The topological polar surface area (TPSA) is 29.5 Å². The molecule has 1 aromatic carbocycles. The maximum Gasteiger partial charge on any atom is 0.142 e. The van der Waals surface area contributed by atoms with Gasteiger partial charge < -0.3 is 9.84 Å². The third-order valence-corrected chi connectivity index (χ3v) is 1.48. The van der Waals surface area contributed by atoms with Gasteiger partial charge in [0.25, 0.3) is 0 Å². The Morgan fingerprint density at radius 1 is 1.54 bits per heavy atom. The Kier molecular flexibility index (Phi) is 3.30. The lowest BCUT2D eigenvalue weighted by atomic mass is 10.2. The highest BCUT2D eigenvalue weighted by atomic mass is 19.1. The van der Waals surface area contributed by atoms with Crippen molar-refractivity contribution in [3.8, 4) is 17.6 Å². The standard InChI is InChI=1S/C10H9FO2/c1-13-9-5-4-8(3-2-6-12)10(11)7-9/h4-5,7,12H,6H2,1H3. The third kappa shape index (κ3) is 2.46. The molecule has 0 aliphatic rings. The van der Waals surface area contributed by atoms with E-state index in [2.05, 4.69) is 11.8 Å². The van der Waals surface area contributed by atoms with Crippen LogP contribution >= 0.6 is 0 Å². The smallest absolute Gasteiger partial charge is 0.142 e. The molecule has 0 atom stereocenters. The Morgan fingerprint density at radius 3 is 2.85 bits per heavy atom. The summed E-state index contributed by atoms with van der Waals surface area (Å²) in [5.41, 5.74) is 0.259. The number of benzene rings is 1. The first-order valence-corrected chi connectivity index (χ1v) is 3.71. The van der Waals surface area contributed by atoms with Gasteiger partial charge in [-0.15, -0.1) is 0 Å². The summed E-state index contributed by atoms with van der Waals surface area (Å²) in [5.74, 6) is 4.86. The van der Waals surface area contributed by atoms with E-state index in [1.165, 1.54) is 19.2 Å². The first-order chi connectivity index (χ1) is 6.27. The SMILES string of the molecule is COc1ccc(C#CCO)c(F)c1. The predicted molar refractivity (Wildman–Crippen MR) is 46.9 cm³/mol. The number of hydrogen-bond acceptors (Lipinski definition) is 2. The van der Waals surface area contributed by atoms with E-state index in [0.29, 0.717) is 5.75 Å². The Balaban J connectivity index is 2.98. The van der Waals surface area contributed by atoms with Crippen molar-refractivity contribution in [2.75, 3.05) is 13.7 Å². The molecule has 0 fully saturated rings. The Hall–Kier alpha value is -1.53. The second kappa shape index (κ2) is 4.48. The van der Waals surface area contributed by atoms with Crippen LogP contribution in [0, 0.1) is 17.7 Å². The van der Waals surface area contributed by atoms with Crippen LogP contribution in [0.15, 0.2) is 18.2 Å². The fourth-order valence-electron chi connectivity index (χ4n) is 0.859. The molecule has 2 nitrogen and oxygen atoms in total. The molecule has 0 aliphatic carbocycles. The Morgan fingerprint density at radius 2 is 2.31 bits per heavy atom. The highest BCUT2D eigenvalue weighted by Gasteiger charge is 1.99. The summed E-state index contributed by atoms with van der Waals surface area (Å²) in [6.45, 7) is -0.272. The maximum atomic E-state index is 13.1. The minimum atomic E-state index is -0.444. The van der Waals surface area contributed by atoms with Gasteiger partial charge in [-0.25, -0.2) is 4.39 Å². The van der Waals surface area contributed by atoms with E-state index in [-0.39, 0.29) is 12.2 Å². The van der Waals surface area contributed by atoms with Crippen LogP contribution in [0.5, 0.6) is 5.75 Å². The molecule has 68 valence electrons. The van der Waals surface area contributed by atoms with E-state index in [1.807, 2.05) is 0 Å². The molecule has 1 aromatic rings. The number of methoxy groups -OCH3 is 1. The molecule has 13 heavy (non-hydrogen) atoms. The minimum absolute atomic E-state index is 0.259. The lowest BCUT2D eigenvalue weighted by Crippen LogP contribution is -1.87. The normalized spacial score (nSPS) is 8.85. The van der Waals surface area contributed by atoms with Crippen molar-refractivity contribution in [1.82, 2.24) is 0 Å². The Labute approximate surface area is 76.0 Å². The van der Waals surface area contributed by atoms with Crippen LogP contribution in [0.25, 0.3) is 0 Å². The van der Waals surface area contributed by atoms with Crippen LogP contribution in [0.2, 0.25) is 0 Å². The van der Waals surface area contributed by atoms with Crippen molar-refractivity contribution in [3.63, 3.8) is 0 Å². The van der Waals surface area contributed by atoms with E-state index < -0.39 is 5.82 Å². The first-order valence-electron chi connectivity index (χ1n) is 3.71. The van der Waals surface area contributed by atoms with E-state index in [4.69, 9.17) is 9.84 Å². The predicted octanol–water partition coefficient (Wildman–Crippen LogP) is 1.18. The molecule has 0 aliphatic heterocycles. The molecule has 0 saturated heterocycles. The van der Waals surface area contributed by atoms with E-state index in [9.17, 15) is 4.39 Å². The molecule has 0 saturated carbocycles. The molecule has 3 heteroatoms. The second-order valence-electron chi connectivity index (χ2n) is 2.31. The fraction of sp³-hybridized carbons (Fsp3) is 0.200. The molecule has 0 radical (unpaired) electrons. The zero-order valence-electron chi connectivity index (χ0n) is 7.17. The van der Waals surface area contributed by atoms with E-state index >= 15 is 0 Å². The van der Waals surface area contributed by atoms with Gasteiger partial charge in [-0.1, -0.05) is 11.8 Å². The summed E-state index contributed by atoms with van der Waals surface area (Å²) in [6, 6.07) is 4.38. The van der Waals surface area contributed by atoms with Crippen molar-refractivity contribution in [1.29, 1.82) is 0 Å². The molecule has 0 bridgehead atoms. The molecule has 1 rings (SSSR count). The second-order valence-corrected chi connectivity index (χ2v) is 2.31. The van der Waals surface area contributed by atoms with Gasteiger partial charge in [-0.2, -0.15) is 0 Å². The summed E-state index contributed by atoms with van der Waals surface area (Å²) in [5, 5.41) is 8.40. The van der Waals surface area contributed by atoms with Crippen LogP contribution in [0.3, 0.4) is 0 Å². The third-order valence-electron chi connectivity index (χ3n) is 1.48. The van der Waals surface area contributed by atoms with Gasteiger partial charge in [-0.3, -0.25) is 0 Å². The van der Waals surface area contributed by atoms with Gasteiger partial charge in [0.2, 0.25) is 0 Å². The number of aliphatic hydroxyl groups is 1. The van der Waals surface area contributed by atoms with Gasteiger partial charge in [0.1, 0.15) is 18.2 Å². The summed E-state index contributed by atoms with van der Waals surface area (Å²) in [4.78, 5) is 0. The van der Waals surface area contributed by atoms with Crippen molar-refractivity contribution < 1.29 is 14.2 Å². The van der Waals surface area contributed by atoms with Gasteiger partial charge in [0.05, 0.1) is 12.7 Å². The maximum absolute atomic E-state index is 13.1. The number of ether oxygens (including phenoxy) is 1. The Bertz CT molecular complexity index is 350. The molecule has 0 amide bonds. The zero-order valence-corrected chi connectivity index (χ0v) is 7.17. The average Bonchev–Trinajstić information content (AvgIpc) is 2.16. The number of hydrogen-bond donors (Lipinski definition) is 1. The van der Waals surface area contributed by atoms with Crippen LogP contribution < -0.4 is 4.74 Å². The van der Waals surface area contributed by atoms with Crippen LogP contribution in [0.4, 0.5) is 4.39 Å². The van der Waals surface area contributed by atoms with Crippen LogP contribution in [0.1, 0.15) is 5.56 Å². The largest absolute Gasteiger partial charge is 0.497 e. The van der Waals surface area contributed by atoms with Gasteiger partial charge in [-0.05, 0) is 12.1 Å². The highest BCUT2D eigenvalue weighted by Crippen LogP contribution is 2.14. The van der Waals surface area contributed by atoms with E-state index in [1.54, 1.807) is 6.07 Å². The number of rotatable bonds is 1. The summed E-state index contributed by atoms with van der Waals surface area (Å²) in [7, 11) is 1.47. The zero-order chi connectivity index (χ0) is 9.68. The van der Waals surface area contributed by atoms with Crippen molar-refractivity contribution in [2.24, 2.45) is 0 Å². The minimum Gasteiger partial charge on any atom is -0.497 e. The molecular formula is C10H9FO2. The molecular weight excluding hydrogens is 171 g/mol. The van der Waals surface area contributed by atoms with Gasteiger partial charge >= 0.3 is 0 Å². The molecule has 0 aromatic heterocycles. The number of aliphatic hydroxyl groups excluding tert-OH is 1. The first kappa shape index (κ1) is 9.56. The molecule has 0 spiro atoms. The van der Waals surface area contributed by atoms with Crippen molar-refractivity contribution in [3.05, 3.63) is 29.6 Å². The fourth-order valence-corrected chi connectivity index (χ4v) is 0.859. The quantitative estimate of drug-likeness (QED) is 0.657. The lowest BCUT2D eigenvalue weighted by molar-refractivity contribution is 0.350. The summed E-state index contributed by atoms with van der Waals surface area (Å²) in [6.07, 6.45) is 0. The summed E-state index contributed by atoms with van der Waals surface area (Å²) >= 11 is 0.